The van der Waals surface area contributed by atoms with Gasteiger partial charge in [-0.15, -0.1) is 12.6 Å². The lowest BCUT2D eigenvalue weighted by Gasteiger charge is -2.18. The molecule has 0 aromatic carbocycles. The van der Waals surface area contributed by atoms with Crippen LogP contribution >= 0.6 is 24.8 Å². The molecule has 0 N–H and O–H groups in total. The minimum atomic E-state index is 0.708. The summed E-state index contributed by atoms with van der Waals surface area (Å²) >= 11 is 8.94. The van der Waals surface area contributed by atoms with Gasteiger partial charge in [-0.05, 0) is 13.3 Å². The van der Waals surface area contributed by atoms with E-state index >= 15 is 0 Å². The highest BCUT2D eigenvalue weighted by Gasteiger charge is 1.98. The Morgan fingerprint density at radius 1 is 1.56 bits per heavy atom. The summed E-state index contributed by atoms with van der Waals surface area (Å²) in [6.07, 6.45) is 1.13. The van der Waals surface area contributed by atoms with E-state index in [9.17, 15) is 0 Å². The van der Waals surface area contributed by atoms with Crippen LogP contribution in [0.3, 0.4) is 0 Å². The van der Waals surface area contributed by atoms with Crippen molar-refractivity contribution in [3.63, 3.8) is 0 Å². The molecule has 0 unspecified atom stereocenters. The molecule has 9 heavy (non-hydrogen) atoms. The predicted octanol–water partition coefficient (Wildman–Crippen LogP) is 1.93. The standard InChI is InChI=1S/C6H13NS2/c1-3-5-7(4-2)6(8)9/h3-5H2,1-2H3,(H,8,9). The SMILES string of the molecule is CCCN(CC)C(=S)S. The van der Waals surface area contributed by atoms with Gasteiger partial charge in [-0.2, -0.15) is 0 Å². The van der Waals surface area contributed by atoms with Crippen molar-refractivity contribution in [2.24, 2.45) is 0 Å². The first-order valence-electron chi connectivity index (χ1n) is 3.20. The number of rotatable bonds is 3. The van der Waals surface area contributed by atoms with E-state index in [-0.39, 0.29) is 0 Å². The Hall–Kier alpha value is 0.240. The van der Waals surface area contributed by atoms with Crippen LogP contribution in [0, 0.1) is 0 Å². The fraction of sp³-hybridized carbons (Fsp3) is 0.833. The van der Waals surface area contributed by atoms with E-state index in [1.165, 1.54) is 0 Å². The third-order valence-corrected chi connectivity index (χ3v) is 1.69. The molecule has 0 aliphatic heterocycles. The summed E-state index contributed by atoms with van der Waals surface area (Å²) in [5.41, 5.74) is 0. The molecule has 0 heterocycles. The van der Waals surface area contributed by atoms with Crippen molar-refractivity contribution in [3.8, 4) is 0 Å². The summed E-state index contributed by atoms with van der Waals surface area (Å²) in [5, 5.41) is 0. The van der Waals surface area contributed by atoms with Gasteiger partial charge in [-0.25, -0.2) is 0 Å². The summed E-state index contributed by atoms with van der Waals surface area (Å²) < 4.78 is 0.708. The van der Waals surface area contributed by atoms with Gasteiger partial charge in [-0.1, -0.05) is 19.1 Å². The van der Waals surface area contributed by atoms with Crippen LogP contribution in [-0.4, -0.2) is 22.3 Å². The van der Waals surface area contributed by atoms with Gasteiger partial charge < -0.3 is 4.90 Å². The molecule has 0 aromatic heterocycles. The van der Waals surface area contributed by atoms with Crippen LogP contribution in [0.4, 0.5) is 0 Å². The van der Waals surface area contributed by atoms with Gasteiger partial charge in [0.25, 0.3) is 0 Å². The van der Waals surface area contributed by atoms with Gasteiger partial charge >= 0.3 is 0 Å². The highest BCUT2D eigenvalue weighted by atomic mass is 32.1. The molecule has 0 saturated heterocycles. The zero-order valence-electron chi connectivity index (χ0n) is 5.92. The maximum atomic E-state index is 4.87. The summed E-state index contributed by atoms with van der Waals surface area (Å²) in [7, 11) is 0. The molecule has 0 rings (SSSR count). The average molecular weight is 163 g/mol. The van der Waals surface area contributed by atoms with E-state index in [1.807, 2.05) is 0 Å². The molecule has 0 fully saturated rings. The van der Waals surface area contributed by atoms with Crippen LogP contribution in [-0.2, 0) is 0 Å². The van der Waals surface area contributed by atoms with E-state index < -0.39 is 0 Å². The predicted molar refractivity (Wildman–Crippen MR) is 49.1 cm³/mol. The summed E-state index contributed by atoms with van der Waals surface area (Å²) in [5.74, 6) is 0. The topological polar surface area (TPSA) is 3.24 Å². The molecule has 0 spiro atoms. The second kappa shape index (κ2) is 5.06. The highest BCUT2D eigenvalue weighted by molar-refractivity contribution is 8.10. The maximum absolute atomic E-state index is 4.87. The lowest BCUT2D eigenvalue weighted by atomic mass is 10.4. The van der Waals surface area contributed by atoms with Crippen molar-refractivity contribution in [3.05, 3.63) is 0 Å². The monoisotopic (exact) mass is 163 g/mol. The smallest absolute Gasteiger partial charge is 0.133 e. The van der Waals surface area contributed by atoms with Crippen LogP contribution in [0.2, 0.25) is 0 Å². The third kappa shape index (κ3) is 3.76. The zero-order valence-corrected chi connectivity index (χ0v) is 7.63. The second-order valence-corrected chi connectivity index (χ2v) is 2.98. The zero-order chi connectivity index (χ0) is 7.28. The summed E-state index contributed by atoms with van der Waals surface area (Å²) in [6.45, 7) is 6.21. The lowest BCUT2D eigenvalue weighted by molar-refractivity contribution is 0.455. The fourth-order valence-electron chi connectivity index (χ4n) is 0.659. The van der Waals surface area contributed by atoms with Crippen LogP contribution < -0.4 is 0 Å². The molecule has 1 nitrogen and oxygen atoms in total. The minimum Gasteiger partial charge on any atom is -0.358 e. The van der Waals surface area contributed by atoms with Crippen molar-refractivity contribution < 1.29 is 0 Å². The minimum absolute atomic E-state index is 0.708. The molecular weight excluding hydrogens is 150 g/mol. The maximum Gasteiger partial charge on any atom is 0.133 e. The average Bonchev–Trinajstić information content (AvgIpc) is 1.82. The van der Waals surface area contributed by atoms with Crippen LogP contribution in [0.25, 0.3) is 0 Å². The molecule has 0 amide bonds. The molecule has 0 radical (unpaired) electrons. The molecule has 0 aliphatic rings. The lowest BCUT2D eigenvalue weighted by Crippen LogP contribution is -2.26. The Morgan fingerprint density at radius 2 is 2.11 bits per heavy atom. The number of nitrogens with zero attached hydrogens (tertiary/aromatic N) is 1. The summed E-state index contributed by atoms with van der Waals surface area (Å²) in [4.78, 5) is 2.07. The molecular formula is C6H13NS2. The molecule has 3 heteroatoms. The molecule has 0 bridgehead atoms. The highest BCUT2D eigenvalue weighted by Crippen LogP contribution is 1.96. The Kier molecular flexibility index (Phi) is 5.19. The Bertz CT molecular complexity index is 93.1. The van der Waals surface area contributed by atoms with E-state index in [4.69, 9.17) is 12.2 Å². The van der Waals surface area contributed by atoms with Gasteiger partial charge in [0.2, 0.25) is 0 Å². The van der Waals surface area contributed by atoms with Gasteiger partial charge in [0.15, 0.2) is 0 Å². The first-order valence-corrected chi connectivity index (χ1v) is 4.05. The fourth-order valence-corrected chi connectivity index (χ4v) is 1.12. The van der Waals surface area contributed by atoms with Crippen molar-refractivity contribution in [1.29, 1.82) is 0 Å². The molecule has 0 aliphatic carbocycles. The molecule has 0 atom stereocenters. The van der Waals surface area contributed by atoms with Gasteiger partial charge in [0, 0.05) is 13.1 Å². The van der Waals surface area contributed by atoms with E-state index in [2.05, 4.69) is 31.4 Å². The van der Waals surface area contributed by atoms with Crippen LogP contribution in [0.1, 0.15) is 20.3 Å². The Labute approximate surface area is 67.8 Å². The van der Waals surface area contributed by atoms with Gasteiger partial charge in [-0.3, -0.25) is 0 Å². The van der Waals surface area contributed by atoms with E-state index in [1.54, 1.807) is 0 Å². The van der Waals surface area contributed by atoms with Crippen molar-refractivity contribution in [2.45, 2.75) is 20.3 Å². The first kappa shape index (κ1) is 9.24. The molecule has 0 aromatic rings. The largest absolute Gasteiger partial charge is 0.358 e. The number of hydrogen-bond acceptors (Lipinski definition) is 1. The van der Waals surface area contributed by atoms with Gasteiger partial charge in [0.1, 0.15) is 4.32 Å². The first-order chi connectivity index (χ1) is 4.22. The summed E-state index contributed by atoms with van der Waals surface area (Å²) in [6, 6.07) is 0. The molecule has 54 valence electrons. The van der Waals surface area contributed by atoms with E-state index in [0.717, 1.165) is 19.5 Å². The number of hydrogen-bond donors (Lipinski definition) is 1. The van der Waals surface area contributed by atoms with Crippen molar-refractivity contribution in [2.75, 3.05) is 13.1 Å². The van der Waals surface area contributed by atoms with Crippen molar-refractivity contribution >= 4 is 29.2 Å². The normalized spacial score (nSPS) is 9.22. The molecule has 0 saturated carbocycles. The number of thiocarbonyl (C=S) groups is 1. The van der Waals surface area contributed by atoms with E-state index in [0.29, 0.717) is 4.32 Å². The van der Waals surface area contributed by atoms with Gasteiger partial charge in [0.05, 0.1) is 0 Å². The number of thiol groups is 1. The quantitative estimate of drug-likeness (QED) is 0.500. The second-order valence-electron chi connectivity index (χ2n) is 1.86. The Morgan fingerprint density at radius 3 is 2.22 bits per heavy atom. The van der Waals surface area contributed by atoms with Crippen LogP contribution in [0.5, 0.6) is 0 Å². The third-order valence-electron chi connectivity index (χ3n) is 1.15. The van der Waals surface area contributed by atoms with Crippen LogP contribution in [0.15, 0.2) is 0 Å². The Balaban J connectivity index is 3.54. The van der Waals surface area contributed by atoms with Crippen molar-refractivity contribution in [1.82, 2.24) is 4.90 Å².